The zero-order chi connectivity index (χ0) is 18.9. The van der Waals surface area contributed by atoms with Gasteiger partial charge in [-0.25, -0.2) is 4.99 Å². The zero-order valence-electron chi connectivity index (χ0n) is 14.7. The van der Waals surface area contributed by atoms with Gasteiger partial charge in [0.1, 0.15) is 5.70 Å². The maximum Gasteiger partial charge on any atom is 0.275 e. The zero-order valence-corrected chi connectivity index (χ0v) is 16.2. The van der Waals surface area contributed by atoms with E-state index in [4.69, 9.17) is 23.2 Å². The minimum Gasteiger partial charge on any atom is -0.384 e. The van der Waals surface area contributed by atoms with E-state index < -0.39 is 0 Å². The fourth-order valence-electron chi connectivity index (χ4n) is 2.48. The van der Waals surface area contributed by atoms with Crippen LogP contribution in [0, 0.1) is 0 Å². The van der Waals surface area contributed by atoms with Gasteiger partial charge < -0.3 is 10.6 Å². The summed E-state index contributed by atoms with van der Waals surface area (Å²) in [5.41, 5.74) is 2.75. The van der Waals surface area contributed by atoms with Crippen LogP contribution < -0.4 is 10.6 Å². The Morgan fingerprint density at radius 2 is 1.81 bits per heavy atom. The van der Waals surface area contributed by atoms with Gasteiger partial charge in [-0.3, -0.25) is 4.79 Å². The van der Waals surface area contributed by atoms with Gasteiger partial charge in [0.15, 0.2) is 0 Å². The third-order valence-electron chi connectivity index (χ3n) is 3.72. The molecule has 0 fully saturated rings. The predicted octanol–water partition coefficient (Wildman–Crippen LogP) is 5.01. The van der Waals surface area contributed by atoms with Crippen LogP contribution in [0.4, 0.5) is 5.69 Å². The number of nitrogens with zero attached hydrogens (tertiary/aromatic N) is 1. The molecule has 0 radical (unpaired) electrons. The van der Waals surface area contributed by atoms with Crippen LogP contribution in [-0.4, -0.2) is 17.2 Å². The second-order valence-electron chi connectivity index (χ2n) is 7.01. The van der Waals surface area contributed by atoms with Gasteiger partial charge in [0.05, 0.1) is 11.4 Å². The van der Waals surface area contributed by atoms with Gasteiger partial charge in [-0.2, -0.15) is 0 Å². The van der Waals surface area contributed by atoms with E-state index in [0.717, 1.165) is 11.1 Å². The predicted molar refractivity (Wildman–Crippen MR) is 108 cm³/mol. The van der Waals surface area contributed by atoms with E-state index in [1.807, 2.05) is 39.0 Å². The number of carbonyl (C=O) groups excluding carboxylic acids is 1. The molecular formula is C20H19Cl2N3O. The molecule has 2 aromatic rings. The van der Waals surface area contributed by atoms with Crippen molar-refractivity contribution in [2.45, 2.75) is 26.3 Å². The largest absolute Gasteiger partial charge is 0.384 e. The molecule has 3 rings (SSSR count). The van der Waals surface area contributed by atoms with Gasteiger partial charge in [0, 0.05) is 32.9 Å². The molecule has 4 nitrogen and oxygen atoms in total. The van der Waals surface area contributed by atoms with E-state index in [9.17, 15) is 4.79 Å². The molecule has 6 heteroatoms. The van der Waals surface area contributed by atoms with Crippen LogP contribution in [0.25, 0.3) is 0 Å². The van der Waals surface area contributed by atoms with Crippen LogP contribution in [0.2, 0.25) is 10.0 Å². The summed E-state index contributed by atoms with van der Waals surface area (Å²) in [5.74, 6) is -0.299. The standard InChI is InChI=1S/C20H19Cl2N3O/c1-20(2,3)23-11-17-19(26)25-16-9-8-12(21)10-14(16)18(24-17)13-6-4-5-7-15(13)22/h4-11,23H,1-3H3,(H,25,26). The minimum absolute atomic E-state index is 0.199. The van der Waals surface area contributed by atoms with Crippen molar-refractivity contribution in [1.82, 2.24) is 5.32 Å². The molecule has 2 N–H and O–H groups in total. The molecule has 0 saturated carbocycles. The molecule has 0 aliphatic carbocycles. The maximum absolute atomic E-state index is 12.6. The number of fused-ring (bicyclic) bond motifs is 1. The number of aliphatic imine (C=N–C) groups is 1. The van der Waals surface area contributed by atoms with Crippen molar-refractivity contribution in [1.29, 1.82) is 0 Å². The molecule has 0 saturated heterocycles. The number of hydrogen-bond donors (Lipinski definition) is 2. The first-order valence-electron chi connectivity index (χ1n) is 8.17. The Bertz CT molecular complexity index is 927. The highest BCUT2D eigenvalue weighted by Gasteiger charge is 2.23. The molecule has 1 heterocycles. The summed E-state index contributed by atoms with van der Waals surface area (Å²) in [7, 11) is 0. The topological polar surface area (TPSA) is 53.5 Å². The maximum atomic E-state index is 12.6. The van der Waals surface area contributed by atoms with Gasteiger partial charge >= 0.3 is 0 Å². The Morgan fingerprint density at radius 3 is 2.50 bits per heavy atom. The van der Waals surface area contributed by atoms with Crippen molar-refractivity contribution in [3.8, 4) is 0 Å². The molecule has 134 valence electrons. The Morgan fingerprint density at radius 1 is 1.08 bits per heavy atom. The molecule has 0 unspecified atom stereocenters. The van der Waals surface area contributed by atoms with Crippen LogP contribution in [-0.2, 0) is 4.79 Å². The number of halogens is 2. The molecule has 0 bridgehead atoms. The molecule has 1 aliphatic rings. The summed E-state index contributed by atoms with van der Waals surface area (Å²) < 4.78 is 0. The van der Waals surface area contributed by atoms with Crippen LogP contribution in [0.3, 0.4) is 0 Å². The van der Waals surface area contributed by atoms with Crippen molar-refractivity contribution in [3.05, 3.63) is 75.5 Å². The third-order valence-corrected chi connectivity index (χ3v) is 4.29. The summed E-state index contributed by atoms with van der Waals surface area (Å²) >= 11 is 12.6. The molecule has 1 amide bonds. The minimum atomic E-state index is -0.299. The lowest BCUT2D eigenvalue weighted by Crippen LogP contribution is -2.32. The Labute approximate surface area is 162 Å². The van der Waals surface area contributed by atoms with Crippen molar-refractivity contribution in [2.75, 3.05) is 5.32 Å². The van der Waals surface area contributed by atoms with Gasteiger partial charge in [0.2, 0.25) is 0 Å². The fourth-order valence-corrected chi connectivity index (χ4v) is 2.88. The monoisotopic (exact) mass is 387 g/mol. The number of benzodiazepines with no additional fused rings is 1. The van der Waals surface area contributed by atoms with E-state index >= 15 is 0 Å². The Balaban J connectivity index is 2.21. The van der Waals surface area contributed by atoms with E-state index in [1.54, 1.807) is 30.5 Å². The third kappa shape index (κ3) is 4.09. The summed E-state index contributed by atoms with van der Waals surface area (Å²) in [5, 5.41) is 7.18. The van der Waals surface area contributed by atoms with Crippen molar-refractivity contribution < 1.29 is 4.79 Å². The number of nitrogens with one attached hydrogen (secondary N) is 2. The summed E-state index contributed by atoms with van der Waals surface area (Å²) in [6.07, 6.45) is 1.62. The van der Waals surface area contributed by atoms with E-state index in [0.29, 0.717) is 21.4 Å². The van der Waals surface area contributed by atoms with Crippen LogP contribution in [0.1, 0.15) is 31.9 Å². The van der Waals surface area contributed by atoms with Gasteiger partial charge in [-0.05, 0) is 45.0 Å². The molecule has 0 atom stereocenters. The molecule has 26 heavy (non-hydrogen) atoms. The summed E-state index contributed by atoms with van der Waals surface area (Å²) in [4.78, 5) is 17.3. The van der Waals surface area contributed by atoms with E-state index in [-0.39, 0.29) is 17.1 Å². The number of carbonyl (C=O) groups is 1. The number of hydrogen-bond acceptors (Lipinski definition) is 3. The molecule has 0 aromatic heterocycles. The van der Waals surface area contributed by atoms with Crippen LogP contribution >= 0.6 is 23.2 Å². The number of rotatable bonds is 2. The van der Waals surface area contributed by atoms with E-state index in [2.05, 4.69) is 15.6 Å². The van der Waals surface area contributed by atoms with E-state index in [1.165, 1.54) is 0 Å². The molecule has 2 aromatic carbocycles. The Kier molecular flexibility index (Phi) is 5.08. The molecule has 1 aliphatic heterocycles. The lowest BCUT2D eigenvalue weighted by molar-refractivity contribution is -0.112. The first-order valence-corrected chi connectivity index (χ1v) is 8.93. The van der Waals surface area contributed by atoms with Crippen LogP contribution in [0.5, 0.6) is 0 Å². The molecule has 0 spiro atoms. The van der Waals surface area contributed by atoms with Crippen LogP contribution in [0.15, 0.2) is 59.4 Å². The first kappa shape index (κ1) is 18.5. The Hall–Kier alpha value is -2.30. The van der Waals surface area contributed by atoms with Crippen molar-refractivity contribution in [2.24, 2.45) is 4.99 Å². The fraction of sp³-hybridized carbons (Fsp3) is 0.200. The number of anilines is 1. The first-order chi connectivity index (χ1) is 12.2. The second-order valence-corrected chi connectivity index (χ2v) is 7.85. The normalized spacial score (nSPS) is 15.8. The van der Waals surface area contributed by atoms with Gasteiger partial charge in [-0.15, -0.1) is 0 Å². The summed E-state index contributed by atoms with van der Waals surface area (Å²) in [6, 6.07) is 12.7. The van der Waals surface area contributed by atoms with Gasteiger partial charge in [0.25, 0.3) is 5.91 Å². The summed E-state index contributed by atoms with van der Waals surface area (Å²) in [6.45, 7) is 6.02. The lowest BCUT2D eigenvalue weighted by Gasteiger charge is -2.19. The highest BCUT2D eigenvalue weighted by atomic mass is 35.5. The van der Waals surface area contributed by atoms with Crippen molar-refractivity contribution >= 4 is 40.5 Å². The lowest BCUT2D eigenvalue weighted by atomic mass is 10.0. The quantitative estimate of drug-likeness (QED) is 0.711. The van der Waals surface area contributed by atoms with Gasteiger partial charge in [-0.1, -0.05) is 41.4 Å². The second kappa shape index (κ2) is 7.14. The SMILES string of the molecule is CC(C)(C)NC=C1N=C(c2ccccc2Cl)c2cc(Cl)ccc2NC1=O. The number of benzene rings is 2. The highest BCUT2D eigenvalue weighted by molar-refractivity contribution is 6.37. The highest BCUT2D eigenvalue weighted by Crippen LogP contribution is 2.30. The van der Waals surface area contributed by atoms with Crippen molar-refractivity contribution in [3.63, 3.8) is 0 Å². The average molecular weight is 388 g/mol. The number of amides is 1. The smallest absolute Gasteiger partial charge is 0.275 e. The average Bonchev–Trinajstić information content (AvgIpc) is 2.69. The molecular weight excluding hydrogens is 369 g/mol.